The highest BCUT2D eigenvalue weighted by molar-refractivity contribution is 9.13. The minimum absolute atomic E-state index is 0.0244. The van der Waals surface area contributed by atoms with Crippen molar-refractivity contribution in [1.29, 1.82) is 0 Å². The van der Waals surface area contributed by atoms with Crippen LogP contribution in [0, 0.1) is 10.1 Å². The highest BCUT2D eigenvalue weighted by Gasteiger charge is 2.14. The molecule has 122 valence electrons. The number of benzene rings is 1. The predicted octanol–water partition coefficient (Wildman–Crippen LogP) is 5.56. The second kappa shape index (κ2) is 7.09. The lowest BCUT2D eigenvalue weighted by molar-refractivity contribution is -0.384. The fourth-order valence-electron chi connectivity index (χ4n) is 1.83. The number of carbonyl (C=O) groups is 1. The van der Waals surface area contributed by atoms with Crippen molar-refractivity contribution in [2.75, 3.05) is 5.32 Å². The van der Waals surface area contributed by atoms with Crippen molar-refractivity contribution in [1.82, 2.24) is 4.98 Å². The Morgan fingerprint density at radius 3 is 2.54 bits per heavy atom. The zero-order chi connectivity index (χ0) is 17.3. The second-order valence-corrected chi connectivity index (χ2v) is 8.61. The molecule has 24 heavy (non-hydrogen) atoms. The van der Waals surface area contributed by atoms with Crippen LogP contribution in [-0.2, 0) is 0 Å². The number of aromatic nitrogens is 1. The van der Waals surface area contributed by atoms with Crippen molar-refractivity contribution in [3.63, 3.8) is 0 Å². The molecule has 3 rings (SSSR count). The van der Waals surface area contributed by atoms with E-state index in [-0.39, 0.29) is 11.6 Å². The Morgan fingerprint density at radius 2 is 1.96 bits per heavy atom. The SMILES string of the molecule is O=C(Nc1nc(-c2ccc([N+](=O)[O-])cc2)cs1)c1cc(Br)c(Br)s1. The van der Waals surface area contributed by atoms with Crippen molar-refractivity contribution < 1.29 is 9.72 Å². The normalized spacial score (nSPS) is 10.6. The van der Waals surface area contributed by atoms with E-state index in [2.05, 4.69) is 42.2 Å². The van der Waals surface area contributed by atoms with Crippen molar-refractivity contribution in [3.8, 4) is 11.3 Å². The largest absolute Gasteiger partial charge is 0.297 e. The summed E-state index contributed by atoms with van der Waals surface area (Å²) in [6, 6.07) is 7.84. The number of thiophene rings is 1. The Labute approximate surface area is 161 Å². The van der Waals surface area contributed by atoms with Crippen LogP contribution >= 0.6 is 54.5 Å². The lowest BCUT2D eigenvalue weighted by Gasteiger charge is -1.98. The molecule has 10 heteroatoms. The molecular formula is C14H7Br2N3O3S2. The summed E-state index contributed by atoms with van der Waals surface area (Å²) in [5.41, 5.74) is 1.43. The molecule has 3 aromatic rings. The van der Waals surface area contributed by atoms with E-state index < -0.39 is 4.92 Å². The molecule has 0 fully saturated rings. The Morgan fingerprint density at radius 1 is 1.25 bits per heavy atom. The quantitative estimate of drug-likeness (QED) is 0.385. The van der Waals surface area contributed by atoms with Crippen LogP contribution in [0.1, 0.15) is 9.67 Å². The van der Waals surface area contributed by atoms with Gasteiger partial charge >= 0.3 is 0 Å². The average molecular weight is 489 g/mol. The van der Waals surface area contributed by atoms with Crippen LogP contribution in [0.3, 0.4) is 0 Å². The van der Waals surface area contributed by atoms with Crippen LogP contribution < -0.4 is 5.32 Å². The summed E-state index contributed by atoms with van der Waals surface area (Å²) in [7, 11) is 0. The molecule has 2 aromatic heterocycles. The van der Waals surface area contributed by atoms with E-state index in [4.69, 9.17) is 0 Å². The molecule has 1 amide bonds. The zero-order valence-corrected chi connectivity index (χ0v) is 16.5. The molecule has 0 aliphatic heterocycles. The first-order valence-corrected chi connectivity index (χ1v) is 9.69. The number of nitrogens with zero attached hydrogens (tertiary/aromatic N) is 2. The van der Waals surface area contributed by atoms with Crippen LogP contribution in [0.4, 0.5) is 10.8 Å². The van der Waals surface area contributed by atoms with E-state index in [1.165, 1.54) is 34.8 Å². The third-order valence-electron chi connectivity index (χ3n) is 2.97. The van der Waals surface area contributed by atoms with E-state index in [1.807, 2.05) is 0 Å². The van der Waals surface area contributed by atoms with Crippen LogP contribution in [0.15, 0.2) is 44.0 Å². The summed E-state index contributed by atoms with van der Waals surface area (Å²) in [6.45, 7) is 0. The van der Waals surface area contributed by atoms with Gasteiger partial charge < -0.3 is 0 Å². The van der Waals surface area contributed by atoms with Crippen molar-refractivity contribution in [2.24, 2.45) is 0 Å². The average Bonchev–Trinajstić information content (AvgIpc) is 3.15. The smallest absolute Gasteiger partial charge is 0.269 e. The molecule has 1 N–H and O–H groups in total. The lowest BCUT2D eigenvalue weighted by Crippen LogP contribution is -2.09. The molecule has 0 saturated carbocycles. The van der Waals surface area contributed by atoms with Gasteiger partial charge in [-0.05, 0) is 50.1 Å². The van der Waals surface area contributed by atoms with E-state index >= 15 is 0 Å². The molecule has 0 bridgehead atoms. The highest BCUT2D eigenvalue weighted by Crippen LogP contribution is 2.33. The summed E-state index contributed by atoms with van der Waals surface area (Å²) < 4.78 is 1.67. The van der Waals surface area contributed by atoms with Gasteiger partial charge in [0.1, 0.15) is 0 Å². The molecule has 0 saturated heterocycles. The molecule has 0 atom stereocenters. The van der Waals surface area contributed by atoms with Gasteiger partial charge in [-0.15, -0.1) is 22.7 Å². The number of nitro benzene ring substituents is 1. The van der Waals surface area contributed by atoms with E-state index in [9.17, 15) is 14.9 Å². The molecule has 0 spiro atoms. The summed E-state index contributed by atoms with van der Waals surface area (Å²) in [5, 5.41) is 15.7. The molecule has 6 nitrogen and oxygen atoms in total. The number of rotatable bonds is 4. The Kier molecular flexibility index (Phi) is 5.09. The zero-order valence-electron chi connectivity index (χ0n) is 11.7. The van der Waals surface area contributed by atoms with Gasteiger partial charge in [-0.1, -0.05) is 0 Å². The van der Waals surface area contributed by atoms with Crippen LogP contribution in [0.5, 0.6) is 0 Å². The van der Waals surface area contributed by atoms with Crippen molar-refractivity contribution in [3.05, 3.63) is 59.0 Å². The molecule has 1 aromatic carbocycles. The van der Waals surface area contributed by atoms with Crippen LogP contribution in [0.25, 0.3) is 11.3 Å². The number of hydrogen-bond acceptors (Lipinski definition) is 6. The Bertz CT molecular complexity index is 902. The number of thiazole rings is 1. The summed E-state index contributed by atoms with van der Waals surface area (Å²) >= 11 is 9.31. The van der Waals surface area contributed by atoms with Crippen LogP contribution in [-0.4, -0.2) is 15.8 Å². The number of carbonyl (C=O) groups excluding carboxylic acids is 1. The Balaban J connectivity index is 1.75. The third kappa shape index (κ3) is 3.72. The van der Waals surface area contributed by atoms with Crippen molar-refractivity contribution in [2.45, 2.75) is 0 Å². The van der Waals surface area contributed by atoms with Crippen LogP contribution in [0.2, 0.25) is 0 Å². The standard InChI is InChI=1S/C14H7Br2N3O3S2/c15-9-5-11(24-12(9)16)13(20)18-14-17-10(6-23-14)7-1-3-8(4-2-7)19(21)22/h1-6H,(H,17,18,20). The van der Waals surface area contributed by atoms with Gasteiger partial charge in [0.15, 0.2) is 5.13 Å². The topological polar surface area (TPSA) is 85.1 Å². The van der Waals surface area contributed by atoms with E-state index in [1.54, 1.807) is 23.6 Å². The number of nitro groups is 1. The lowest BCUT2D eigenvalue weighted by atomic mass is 10.1. The van der Waals surface area contributed by atoms with Gasteiger partial charge in [-0.2, -0.15) is 0 Å². The number of non-ortho nitro benzene ring substituents is 1. The molecule has 0 aliphatic carbocycles. The highest BCUT2D eigenvalue weighted by atomic mass is 79.9. The maximum atomic E-state index is 12.2. The second-order valence-electron chi connectivity index (χ2n) is 4.53. The third-order valence-corrected chi connectivity index (χ3v) is 6.98. The van der Waals surface area contributed by atoms with Crippen molar-refractivity contribution >= 4 is 71.3 Å². The molecule has 0 aliphatic rings. The van der Waals surface area contributed by atoms with Gasteiger partial charge in [0, 0.05) is 27.5 Å². The Hall–Kier alpha value is -1.62. The fourth-order valence-corrected chi connectivity index (χ4v) is 4.48. The number of anilines is 1. The fraction of sp³-hybridized carbons (Fsp3) is 0. The van der Waals surface area contributed by atoms with E-state index in [0.717, 1.165) is 13.8 Å². The molecule has 0 radical (unpaired) electrons. The molecule has 2 heterocycles. The number of nitrogens with one attached hydrogen (secondary N) is 1. The predicted molar refractivity (Wildman–Crippen MR) is 102 cm³/mol. The van der Waals surface area contributed by atoms with Gasteiger partial charge in [0.05, 0.1) is 19.3 Å². The number of halogens is 2. The van der Waals surface area contributed by atoms with Gasteiger partial charge in [0.25, 0.3) is 11.6 Å². The minimum Gasteiger partial charge on any atom is -0.297 e. The number of amides is 1. The van der Waals surface area contributed by atoms with Gasteiger partial charge in [0.2, 0.25) is 0 Å². The first-order valence-electron chi connectivity index (χ1n) is 6.40. The number of hydrogen-bond donors (Lipinski definition) is 1. The molecule has 0 unspecified atom stereocenters. The monoisotopic (exact) mass is 487 g/mol. The van der Waals surface area contributed by atoms with Gasteiger partial charge in [-0.3, -0.25) is 20.2 Å². The summed E-state index contributed by atoms with van der Waals surface area (Å²) in [4.78, 5) is 27.3. The van der Waals surface area contributed by atoms with Gasteiger partial charge in [-0.25, -0.2) is 4.98 Å². The first kappa shape index (κ1) is 17.2. The summed E-state index contributed by atoms with van der Waals surface area (Å²) in [5.74, 6) is -0.240. The molecular weight excluding hydrogens is 482 g/mol. The minimum atomic E-state index is -0.451. The maximum Gasteiger partial charge on any atom is 0.269 e. The van der Waals surface area contributed by atoms with E-state index in [0.29, 0.717) is 15.7 Å². The maximum absolute atomic E-state index is 12.2. The summed E-state index contributed by atoms with van der Waals surface area (Å²) in [6.07, 6.45) is 0. The first-order chi connectivity index (χ1) is 11.4.